The van der Waals surface area contributed by atoms with E-state index in [2.05, 4.69) is 18.0 Å². The van der Waals surface area contributed by atoms with Crippen LogP contribution in [0, 0.1) is 0 Å². The maximum absolute atomic E-state index is 10.9. The highest BCUT2D eigenvalue weighted by atomic mass is 16.5. The number of hydrogen-bond donors (Lipinski definition) is 2. The molecule has 2 N–H and O–H groups in total. The van der Waals surface area contributed by atoms with Gasteiger partial charge in [-0.05, 0) is 35.6 Å². The van der Waals surface area contributed by atoms with E-state index >= 15 is 0 Å². The van der Waals surface area contributed by atoms with Gasteiger partial charge in [0.05, 0.1) is 18.3 Å². The van der Waals surface area contributed by atoms with E-state index in [4.69, 9.17) is 4.74 Å². The van der Waals surface area contributed by atoms with Gasteiger partial charge in [-0.1, -0.05) is 19.4 Å². The Labute approximate surface area is 113 Å². The lowest BCUT2D eigenvalue weighted by Gasteiger charge is -2.37. The minimum Gasteiger partial charge on any atom is -0.385 e. The van der Waals surface area contributed by atoms with Crippen molar-refractivity contribution >= 4 is 10.9 Å². The molecule has 0 radical (unpaired) electrons. The molecule has 2 unspecified atom stereocenters. The van der Waals surface area contributed by atoms with Gasteiger partial charge in [-0.3, -0.25) is 0 Å². The Morgan fingerprint density at radius 2 is 2.32 bits per heavy atom. The second kappa shape index (κ2) is 4.99. The first kappa shape index (κ1) is 12.7. The summed E-state index contributed by atoms with van der Waals surface area (Å²) in [5.74, 6) is 0. The second-order valence-corrected chi connectivity index (χ2v) is 5.55. The van der Waals surface area contributed by atoms with E-state index in [1.807, 2.05) is 24.4 Å². The van der Waals surface area contributed by atoms with E-state index in [0.717, 1.165) is 29.3 Å². The number of fused-ring (bicyclic) bond motifs is 1. The summed E-state index contributed by atoms with van der Waals surface area (Å²) in [6.07, 6.45) is 5.62. The maximum Gasteiger partial charge on any atom is 0.0943 e. The molecule has 3 rings (SSSR count). The average molecular weight is 259 g/mol. The first-order valence-corrected chi connectivity index (χ1v) is 7.13. The second-order valence-electron chi connectivity index (χ2n) is 5.55. The SMILES string of the molecule is CCCC1CC(O)(c2ccc3[nH]ccc3c2)CCO1. The van der Waals surface area contributed by atoms with Crippen molar-refractivity contribution in [3.05, 3.63) is 36.0 Å². The predicted molar refractivity (Wildman–Crippen MR) is 76.1 cm³/mol. The molecule has 1 saturated heterocycles. The van der Waals surface area contributed by atoms with Crippen molar-refractivity contribution in [3.63, 3.8) is 0 Å². The number of aromatic amines is 1. The van der Waals surface area contributed by atoms with E-state index in [1.165, 1.54) is 0 Å². The van der Waals surface area contributed by atoms with Gasteiger partial charge in [0, 0.05) is 24.6 Å². The molecule has 1 aliphatic rings. The van der Waals surface area contributed by atoms with E-state index in [0.29, 0.717) is 19.4 Å². The van der Waals surface area contributed by atoms with Crippen molar-refractivity contribution in [2.24, 2.45) is 0 Å². The number of nitrogens with one attached hydrogen (secondary N) is 1. The molecule has 1 aromatic carbocycles. The standard InChI is InChI=1S/C16H21NO2/c1-2-3-14-11-16(18,7-9-19-14)13-4-5-15-12(10-13)6-8-17-15/h4-6,8,10,14,17-18H,2-3,7,9,11H2,1H3. The number of aromatic nitrogens is 1. The molecule has 0 amide bonds. The van der Waals surface area contributed by atoms with Crippen LogP contribution in [0.5, 0.6) is 0 Å². The molecule has 102 valence electrons. The number of ether oxygens (including phenoxy) is 1. The number of hydrogen-bond acceptors (Lipinski definition) is 2. The third-order valence-corrected chi connectivity index (χ3v) is 4.14. The topological polar surface area (TPSA) is 45.2 Å². The van der Waals surface area contributed by atoms with Crippen LogP contribution in [0.3, 0.4) is 0 Å². The summed E-state index contributed by atoms with van der Waals surface area (Å²) >= 11 is 0. The van der Waals surface area contributed by atoms with Gasteiger partial charge in [-0.2, -0.15) is 0 Å². The van der Waals surface area contributed by atoms with Crippen molar-refractivity contribution in [1.29, 1.82) is 0 Å². The van der Waals surface area contributed by atoms with Gasteiger partial charge in [0.15, 0.2) is 0 Å². The summed E-state index contributed by atoms with van der Waals surface area (Å²) in [5.41, 5.74) is 1.40. The number of rotatable bonds is 3. The molecule has 1 aromatic heterocycles. The molecule has 2 heterocycles. The Bertz CT molecular complexity index is 561. The summed E-state index contributed by atoms with van der Waals surface area (Å²) in [6, 6.07) is 8.23. The monoisotopic (exact) mass is 259 g/mol. The lowest BCUT2D eigenvalue weighted by atomic mass is 9.82. The molecule has 3 nitrogen and oxygen atoms in total. The zero-order chi connectivity index (χ0) is 13.3. The van der Waals surface area contributed by atoms with Crippen molar-refractivity contribution in [1.82, 2.24) is 4.98 Å². The molecule has 1 fully saturated rings. The molecule has 3 heteroatoms. The lowest BCUT2D eigenvalue weighted by Crippen LogP contribution is -2.38. The zero-order valence-electron chi connectivity index (χ0n) is 11.4. The van der Waals surface area contributed by atoms with Crippen LogP contribution >= 0.6 is 0 Å². The largest absolute Gasteiger partial charge is 0.385 e. The molecule has 19 heavy (non-hydrogen) atoms. The Morgan fingerprint density at radius 3 is 3.16 bits per heavy atom. The van der Waals surface area contributed by atoms with Crippen LogP contribution in [0.25, 0.3) is 10.9 Å². The minimum atomic E-state index is -0.733. The fraction of sp³-hybridized carbons (Fsp3) is 0.500. The fourth-order valence-electron chi connectivity index (χ4n) is 3.04. The smallest absolute Gasteiger partial charge is 0.0943 e. The third kappa shape index (κ3) is 2.40. The van der Waals surface area contributed by atoms with E-state index in [-0.39, 0.29) is 6.10 Å². The molecule has 0 bridgehead atoms. The third-order valence-electron chi connectivity index (χ3n) is 4.14. The van der Waals surface area contributed by atoms with Crippen LogP contribution < -0.4 is 0 Å². The van der Waals surface area contributed by atoms with Gasteiger partial charge >= 0.3 is 0 Å². The maximum atomic E-state index is 10.9. The van der Waals surface area contributed by atoms with Crippen LogP contribution in [0.2, 0.25) is 0 Å². The van der Waals surface area contributed by atoms with E-state index in [9.17, 15) is 5.11 Å². The van der Waals surface area contributed by atoms with Gasteiger partial charge in [-0.15, -0.1) is 0 Å². The molecule has 0 spiro atoms. The van der Waals surface area contributed by atoms with E-state index in [1.54, 1.807) is 0 Å². The molecule has 0 aliphatic carbocycles. The summed E-state index contributed by atoms with van der Waals surface area (Å²) in [5, 5.41) is 12.1. The van der Waals surface area contributed by atoms with Crippen molar-refractivity contribution in [3.8, 4) is 0 Å². The average Bonchev–Trinajstić information content (AvgIpc) is 2.86. The van der Waals surface area contributed by atoms with Crippen LogP contribution in [0.15, 0.2) is 30.5 Å². The van der Waals surface area contributed by atoms with Crippen LogP contribution in [0.1, 0.15) is 38.2 Å². The zero-order valence-corrected chi connectivity index (χ0v) is 11.4. The summed E-state index contributed by atoms with van der Waals surface area (Å²) in [4.78, 5) is 3.18. The molecular formula is C16H21NO2. The summed E-state index contributed by atoms with van der Waals surface area (Å²) in [7, 11) is 0. The quantitative estimate of drug-likeness (QED) is 0.888. The lowest BCUT2D eigenvalue weighted by molar-refractivity contribution is -0.110. The van der Waals surface area contributed by atoms with E-state index < -0.39 is 5.60 Å². The van der Waals surface area contributed by atoms with Gasteiger partial charge in [-0.25, -0.2) is 0 Å². The van der Waals surface area contributed by atoms with Crippen molar-refractivity contribution in [2.75, 3.05) is 6.61 Å². The van der Waals surface area contributed by atoms with Crippen molar-refractivity contribution in [2.45, 2.75) is 44.3 Å². The number of aliphatic hydroxyl groups is 1. The molecule has 2 atom stereocenters. The minimum absolute atomic E-state index is 0.186. The van der Waals surface area contributed by atoms with Crippen LogP contribution in [-0.2, 0) is 10.3 Å². The van der Waals surface area contributed by atoms with Crippen LogP contribution in [-0.4, -0.2) is 22.8 Å². The Morgan fingerprint density at radius 1 is 1.42 bits per heavy atom. The molecule has 0 saturated carbocycles. The van der Waals surface area contributed by atoms with Gasteiger partial charge < -0.3 is 14.8 Å². The van der Waals surface area contributed by atoms with Gasteiger partial charge in [0.25, 0.3) is 0 Å². The molecule has 2 aromatic rings. The van der Waals surface area contributed by atoms with Gasteiger partial charge in [0.1, 0.15) is 0 Å². The summed E-state index contributed by atoms with van der Waals surface area (Å²) in [6.45, 7) is 2.80. The Hall–Kier alpha value is -1.32. The molecular weight excluding hydrogens is 238 g/mol. The predicted octanol–water partition coefficient (Wildman–Crippen LogP) is 3.33. The number of H-pyrrole nitrogens is 1. The Kier molecular flexibility index (Phi) is 3.33. The fourth-order valence-corrected chi connectivity index (χ4v) is 3.04. The number of benzene rings is 1. The highest BCUT2D eigenvalue weighted by molar-refractivity contribution is 5.80. The normalized spacial score (nSPS) is 27.8. The Balaban J connectivity index is 1.89. The van der Waals surface area contributed by atoms with Gasteiger partial charge in [0.2, 0.25) is 0 Å². The van der Waals surface area contributed by atoms with Crippen LogP contribution in [0.4, 0.5) is 0 Å². The first-order chi connectivity index (χ1) is 9.21. The highest BCUT2D eigenvalue weighted by Gasteiger charge is 2.36. The molecule has 1 aliphatic heterocycles. The first-order valence-electron chi connectivity index (χ1n) is 7.13. The highest BCUT2D eigenvalue weighted by Crippen LogP contribution is 2.36. The summed E-state index contributed by atoms with van der Waals surface area (Å²) < 4.78 is 5.74. The van der Waals surface area contributed by atoms with Crippen molar-refractivity contribution < 1.29 is 9.84 Å².